The van der Waals surface area contributed by atoms with Gasteiger partial charge in [-0.25, -0.2) is 4.98 Å². The van der Waals surface area contributed by atoms with Crippen LogP contribution in [0.4, 0.5) is 5.82 Å². The minimum Gasteiger partial charge on any atom is -0.318 e. The molecule has 0 atom stereocenters. The SMILES string of the molecule is CNCCNCc1ccc2c(c1)C(=O)N(c1cc(-c3ccc(C#N)cc3-c3nncn3C)cc(C3CC3)n1)C2. The van der Waals surface area contributed by atoms with Crippen LogP contribution in [-0.2, 0) is 20.1 Å². The lowest BCUT2D eigenvalue weighted by Gasteiger charge is -2.18. The Labute approximate surface area is 227 Å². The van der Waals surface area contributed by atoms with Crippen LogP contribution in [0.5, 0.6) is 0 Å². The van der Waals surface area contributed by atoms with Gasteiger partial charge < -0.3 is 15.2 Å². The second-order valence-corrected chi connectivity index (χ2v) is 10.2. The largest absolute Gasteiger partial charge is 0.318 e. The molecule has 0 saturated heterocycles. The van der Waals surface area contributed by atoms with Gasteiger partial charge in [0.25, 0.3) is 5.91 Å². The minimum absolute atomic E-state index is 0.0261. The molecule has 2 N–H and O–H groups in total. The summed E-state index contributed by atoms with van der Waals surface area (Å²) in [7, 11) is 3.82. The number of nitriles is 1. The first-order chi connectivity index (χ1) is 19.1. The van der Waals surface area contributed by atoms with Crippen LogP contribution in [0.15, 0.2) is 54.9 Å². The highest BCUT2D eigenvalue weighted by molar-refractivity contribution is 6.10. The molecule has 4 aromatic rings. The number of nitrogens with zero attached hydrogens (tertiary/aromatic N) is 6. The monoisotopic (exact) mass is 518 g/mol. The van der Waals surface area contributed by atoms with Gasteiger partial charge in [0.15, 0.2) is 5.82 Å². The number of hydrogen-bond acceptors (Lipinski definition) is 7. The molecule has 0 bridgehead atoms. The number of benzene rings is 2. The molecule has 9 heteroatoms. The third kappa shape index (κ3) is 4.92. The first kappa shape index (κ1) is 24.9. The van der Waals surface area contributed by atoms with Crippen molar-refractivity contribution in [3.63, 3.8) is 0 Å². The van der Waals surface area contributed by atoms with Gasteiger partial charge in [-0.05, 0) is 72.5 Å². The van der Waals surface area contributed by atoms with Crippen molar-refractivity contribution in [2.45, 2.75) is 31.8 Å². The number of likely N-dealkylation sites (N-methyl/N-ethyl adjacent to an activating group) is 1. The summed E-state index contributed by atoms with van der Waals surface area (Å²) < 4.78 is 1.84. The number of anilines is 1. The number of rotatable bonds is 9. The second-order valence-electron chi connectivity index (χ2n) is 10.2. The van der Waals surface area contributed by atoms with Gasteiger partial charge >= 0.3 is 0 Å². The molecule has 2 aliphatic rings. The van der Waals surface area contributed by atoms with E-state index >= 15 is 0 Å². The predicted molar refractivity (Wildman–Crippen MR) is 149 cm³/mol. The predicted octanol–water partition coefficient (Wildman–Crippen LogP) is 3.76. The lowest BCUT2D eigenvalue weighted by Crippen LogP contribution is -2.25. The van der Waals surface area contributed by atoms with Gasteiger partial charge in [-0.1, -0.05) is 18.2 Å². The summed E-state index contributed by atoms with van der Waals surface area (Å²) in [6.45, 7) is 2.96. The lowest BCUT2D eigenvalue weighted by molar-refractivity contribution is 0.0996. The summed E-state index contributed by atoms with van der Waals surface area (Å²) >= 11 is 0. The number of fused-ring (bicyclic) bond motifs is 1. The normalized spacial score (nSPS) is 14.5. The topological polar surface area (TPSA) is 112 Å². The van der Waals surface area contributed by atoms with E-state index in [2.05, 4.69) is 45.1 Å². The first-order valence-electron chi connectivity index (χ1n) is 13.3. The van der Waals surface area contributed by atoms with Crippen LogP contribution in [0.2, 0.25) is 0 Å². The molecule has 2 aromatic heterocycles. The number of carbonyl (C=O) groups excluding carboxylic acids is 1. The highest BCUT2D eigenvalue weighted by atomic mass is 16.2. The van der Waals surface area contributed by atoms with E-state index in [1.165, 1.54) is 0 Å². The van der Waals surface area contributed by atoms with Crippen LogP contribution in [0, 0.1) is 11.3 Å². The zero-order chi connectivity index (χ0) is 26.9. The Hall–Kier alpha value is -4.39. The number of aryl methyl sites for hydroxylation is 1. The van der Waals surface area contributed by atoms with E-state index in [0.29, 0.717) is 36.2 Å². The van der Waals surface area contributed by atoms with Crippen LogP contribution in [0.3, 0.4) is 0 Å². The molecule has 6 rings (SSSR count). The Kier molecular flexibility index (Phi) is 6.65. The Morgan fingerprint density at radius 1 is 1.05 bits per heavy atom. The van der Waals surface area contributed by atoms with E-state index in [4.69, 9.17) is 4.98 Å². The standard InChI is InChI=1S/C30H30N8O/c1-32-9-10-33-16-20-3-5-22-17-38(30(39)25(22)12-20)28-14-23(13-27(35-28)21-6-7-21)24-8-4-19(15-31)11-26(24)29-36-34-18-37(29)2/h3-5,8,11-14,18,21,32-33H,6-7,9-10,16-17H2,1-2H3. The second kappa shape index (κ2) is 10.4. The molecule has 2 aromatic carbocycles. The third-order valence-corrected chi connectivity index (χ3v) is 7.37. The smallest absolute Gasteiger partial charge is 0.260 e. The zero-order valence-corrected chi connectivity index (χ0v) is 22.1. The van der Waals surface area contributed by atoms with Crippen LogP contribution in [0.1, 0.15) is 51.5 Å². The molecule has 0 radical (unpaired) electrons. The van der Waals surface area contributed by atoms with Gasteiger partial charge in [-0.2, -0.15) is 5.26 Å². The highest BCUT2D eigenvalue weighted by Gasteiger charge is 2.32. The Morgan fingerprint density at radius 2 is 1.92 bits per heavy atom. The van der Waals surface area contributed by atoms with Crippen LogP contribution in [-0.4, -0.2) is 45.8 Å². The first-order valence-corrected chi connectivity index (χ1v) is 13.3. The molecule has 1 fully saturated rings. The molecule has 1 saturated carbocycles. The van der Waals surface area contributed by atoms with Crippen molar-refractivity contribution < 1.29 is 4.79 Å². The third-order valence-electron chi connectivity index (χ3n) is 7.37. The highest BCUT2D eigenvalue weighted by Crippen LogP contribution is 2.43. The van der Waals surface area contributed by atoms with E-state index in [0.717, 1.165) is 65.0 Å². The van der Waals surface area contributed by atoms with E-state index < -0.39 is 0 Å². The van der Waals surface area contributed by atoms with Crippen molar-refractivity contribution in [2.24, 2.45) is 7.05 Å². The lowest BCUT2D eigenvalue weighted by atomic mass is 9.96. The molecular formula is C30H30N8O. The number of aromatic nitrogens is 4. The molecule has 1 aliphatic carbocycles. The molecule has 0 spiro atoms. The number of carbonyl (C=O) groups is 1. The maximum atomic E-state index is 13.7. The van der Waals surface area contributed by atoms with Gasteiger partial charge in [0.1, 0.15) is 12.1 Å². The van der Waals surface area contributed by atoms with E-state index in [-0.39, 0.29) is 5.91 Å². The van der Waals surface area contributed by atoms with E-state index in [9.17, 15) is 10.1 Å². The van der Waals surface area contributed by atoms with Crippen molar-refractivity contribution in [1.82, 2.24) is 30.4 Å². The van der Waals surface area contributed by atoms with Gasteiger partial charge in [0.2, 0.25) is 0 Å². The fourth-order valence-corrected chi connectivity index (χ4v) is 5.09. The van der Waals surface area contributed by atoms with Crippen molar-refractivity contribution in [2.75, 3.05) is 25.0 Å². The van der Waals surface area contributed by atoms with Crippen molar-refractivity contribution in [3.05, 3.63) is 82.8 Å². The summed E-state index contributed by atoms with van der Waals surface area (Å²) in [5.74, 6) is 1.70. The quantitative estimate of drug-likeness (QED) is 0.325. The van der Waals surface area contributed by atoms with Gasteiger partial charge in [0.05, 0.1) is 18.2 Å². The molecule has 3 heterocycles. The molecular weight excluding hydrogens is 488 g/mol. The Bertz CT molecular complexity index is 1600. The summed E-state index contributed by atoms with van der Waals surface area (Å²) in [6, 6.07) is 18.1. The van der Waals surface area contributed by atoms with Gasteiger partial charge in [-0.3, -0.25) is 9.69 Å². The van der Waals surface area contributed by atoms with Gasteiger partial charge in [-0.15, -0.1) is 10.2 Å². The Morgan fingerprint density at radius 3 is 2.67 bits per heavy atom. The number of pyridine rings is 1. The van der Waals surface area contributed by atoms with E-state index in [1.54, 1.807) is 11.2 Å². The average molecular weight is 519 g/mol. The molecule has 1 amide bonds. The maximum Gasteiger partial charge on any atom is 0.260 e. The van der Waals surface area contributed by atoms with Crippen molar-refractivity contribution in [3.8, 4) is 28.6 Å². The maximum absolute atomic E-state index is 13.7. The number of amides is 1. The fourth-order valence-electron chi connectivity index (χ4n) is 5.09. The summed E-state index contributed by atoms with van der Waals surface area (Å²) in [5.41, 5.74) is 7.07. The summed E-state index contributed by atoms with van der Waals surface area (Å²) in [6.07, 6.45) is 3.84. The Balaban J connectivity index is 1.37. The number of hydrogen-bond donors (Lipinski definition) is 2. The molecule has 196 valence electrons. The number of nitrogens with one attached hydrogen (secondary N) is 2. The van der Waals surface area contributed by atoms with Crippen molar-refractivity contribution in [1.29, 1.82) is 5.26 Å². The molecule has 39 heavy (non-hydrogen) atoms. The minimum atomic E-state index is -0.0261. The molecule has 0 unspecified atom stereocenters. The summed E-state index contributed by atoms with van der Waals surface area (Å²) in [4.78, 5) is 20.4. The zero-order valence-electron chi connectivity index (χ0n) is 22.1. The molecule has 9 nitrogen and oxygen atoms in total. The van der Waals surface area contributed by atoms with E-state index in [1.807, 2.05) is 49.0 Å². The average Bonchev–Trinajstić information content (AvgIpc) is 3.65. The van der Waals surface area contributed by atoms with Crippen LogP contribution >= 0.6 is 0 Å². The van der Waals surface area contributed by atoms with Gasteiger partial charge in [0, 0.05) is 49.4 Å². The van der Waals surface area contributed by atoms with Crippen LogP contribution < -0.4 is 15.5 Å². The summed E-state index contributed by atoms with van der Waals surface area (Å²) in [5, 5.41) is 24.4. The van der Waals surface area contributed by atoms with Crippen LogP contribution in [0.25, 0.3) is 22.5 Å². The fraction of sp³-hybridized carbons (Fsp3) is 0.300. The molecule has 1 aliphatic heterocycles. The van der Waals surface area contributed by atoms with Crippen molar-refractivity contribution >= 4 is 11.7 Å².